The van der Waals surface area contributed by atoms with E-state index in [1.807, 2.05) is 6.07 Å². The maximum Gasteiger partial charge on any atom is 0.269 e. The lowest BCUT2D eigenvalue weighted by Gasteiger charge is -2.06. The second-order valence-electron chi connectivity index (χ2n) is 4.88. The molecule has 0 saturated carbocycles. The smallest absolute Gasteiger partial charge is 0.269 e. The van der Waals surface area contributed by atoms with E-state index >= 15 is 0 Å². The third-order valence-electron chi connectivity index (χ3n) is 3.43. The van der Waals surface area contributed by atoms with Crippen LogP contribution in [0.5, 0.6) is 11.5 Å². The molecule has 112 valence electrons. The number of rotatable bonds is 5. The summed E-state index contributed by atoms with van der Waals surface area (Å²) in [5.74, 6) is 1.10. The number of fused-ring (bicyclic) bond motifs is 1. The predicted octanol–water partition coefficient (Wildman–Crippen LogP) is 2.79. The fraction of sp³-hybridized carbons (Fsp3) is 0.188. The monoisotopic (exact) mass is 299 g/mol. The fourth-order valence-corrected chi connectivity index (χ4v) is 2.26. The van der Waals surface area contributed by atoms with Gasteiger partial charge in [-0.1, -0.05) is 0 Å². The van der Waals surface area contributed by atoms with Gasteiger partial charge in [-0.3, -0.25) is 14.9 Å². The molecule has 1 aliphatic heterocycles. The van der Waals surface area contributed by atoms with Crippen molar-refractivity contribution in [2.75, 3.05) is 13.2 Å². The molecule has 6 heteroatoms. The molecule has 0 atom stereocenters. The van der Waals surface area contributed by atoms with Gasteiger partial charge in [0, 0.05) is 24.1 Å². The zero-order valence-electron chi connectivity index (χ0n) is 11.7. The Morgan fingerprint density at radius 1 is 1.23 bits per heavy atom. The Morgan fingerprint density at radius 2 is 2.00 bits per heavy atom. The molecule has 0 unspecified atom stereocenters. The molecule has 6 nitrogen and oxygen atoms in total. The normalized spacial score (nSPS) is 12.4. The van der Waals surface area contributed by atoms with Gasteiger partial charge in [0.05, 0.1) is 11.5 Å². The largest absolute Gasteiger partial charge is 0.493 e. The molecule has 0 amide bonds. The Bertz CT molecular complexity index is 724. The van der Waals surface area contributed by atoms with Gasteiger partial charge in [0.25, 0.3) is 5.69 Å². The number of ether oxygens (including phenoxy) is 2. The molecular weight excluding hydrogens is 286 g/mol. The van der Waals surface area contributed by atoms with E-state index in [0.29, 0.717) is 17.9 Å². The van der Waals surface area contributed by atoms with E-state index in [9.17, 15) is 14.9 Å². The van der Waals surface area contributed by atoms with Crippen LogP contribution in [0.2, 0.25) is 0 Å². The number of nitrogens with zero attached hydrogens (tertiary/aromatic N) is 1. The molecule has 22 heavy (non-hydrogen) atoms. The quantitative estimate of drug-likeness (QED) is 0.482. The van der Waals surface area contributed by atoms with Gasteiger partial charge in [-0.25, -0.2) is 0 Å². The van der Waals surface area contributed by atoms with E-state index in [0.717, 1.165) is 17.7 Å². The molecule has 0 bridgehead atoms. The van der Waals surface area contributed by atoms with Crippen LogP contribution in [-0.2, 0) is 6.42 Å². The van der Waals surface area contributed by atoms with Crippen molar-refractivity contribution in [3.63, 3.8) is 0 Å². The Hall–Kier alpha value is -2.89. The number of non-ortho nitro benzene ring substituents is 1. The third-order valence-corrected chi connectivity index (χ3v) is 3.43. The summed E-state index contributed by atoms with van der Waals surface area (Å²) in [6.45, 7) is 0.531. The predicted molar refractivity (Wildman–Crippen MR) is 78.6 cm³/mol. The highest BCUT2D eigenvalue weighted by Crippen LogP contribution is 2.26. The van der Waals surface area contributed by atoms with Gasteiger partial charge in [-0.15, -0.1) is 0 Å². The second-order valence-corrected chi connectivity index (χ2v) is 4.88. The Morgan fingerprint density at radius 3 is 2.73 bits per heavy atom. The molecule has 2 aromatic carbocycles. The SMILES string of the molecule is O=C(COc1ccc([N+](=O)[O-])cc1)c1ccc2c(c1)CCO2. The van der Waals surface area contributed by atoms with E-state index in [4.69, 9.17) is 9.47 Å². The van der Waals surface area contributed by atoms with E-state index in [-0.39, 0.29) is 18.1 Å². The molecule has 0 saturated heterocycles. The summed E-state index contributed by atoms with van der Waals surface area (Å²) in [4.78, 5) is 22.2. The lowest BCUT2D eigenvalue weighted by molar-refractivity contribution is -0.384. The first-order valence-electron chi connectivity index (χ1n) is 6.79. The number of benzene rings is 2. The van der Waals surface area contributed by atoms with Crippen molar-refractivity contribution in [1.82, 2.24) is 0 Å². The molecule has 0 fully saturated rings. The van der Waals surface area contributed by atoms with Crippen molar-refractivity contribution < 1.29 is 19.2 Å². The van der Waals surface area contributed by atoms with Gasteiger partial charge in [-0.2, -0.15) is 0 Å². The minimum atomic E-state index is -0.485. The minimum absolute atomic E-state index is 0.0164. The second kappa shape index (κ2) is 5.85. The zero-order valence-corrected chi connectivity index (χ0v) is 11.7. The highest BCUT2D eigenvalue weighted by molar-refractivity contribution is 5.97. The molecule has 0 N–H and O–H groups in total. The van der Waals surface area contributed by atoms with Gasteiger partial charge in [0.1, 0.15) is 11.5 Å². The van der Waals surface area contributed by atoms with Crippen LogP contribution in [0.25, 0.3) is 0 Å². The van der Waals surface area contributed by atoms with Crippen LogP contribution in [0.1, 0.15) is 15.9 Å². The van der Waals surface area contributed by atoms with Crippen molar-refractivity contribution in [3.8, 4) is 11.5 Å². The van der Waals surface area contributed by atoms with Gasteiger partial charge in [0.2, 0.25) is 0 Å². The first kappa shape index (κ1) is 14.1. The lowest BCUT2D eigenvalue weighted by atomic mass is 10.1. The highest BCUT2D eigenvalue weighted by Gasteiger charge is 2.15. The summed E-state index contributed by atoms with van der Waals surface area (Å²) < 4.78 is 10.8. The van der Waals surface area contributed by atoms with Crippen LogP contribution in [0.3, 0.4) is 0 Å². The number of ketones is 1. The number of carbonyl (C=O) groups excluding carboxylic acids is 1. The number of carbonyl (C=O) groups is 1. The summed E-state index contributed by atoms with van der Waals surface area (Å²) in [6.07, 6.45) is 0.805. The number of nitro groups is 1. The van der Waals surface area contributed by atoms with Crippen molar-refractivity contribution in [1.29, 1.82) is 0 Å². The summed E-state index contributed by atoms with van der Waals surface area (Å²) in [7, 11) is 0. The molecule has 2 aromatic rings. The van der Waals surface area contributed by atoms with Crippen molar-refractivity contribution in [2.24, 2.45) is 0 Å². The molecule has 1 heterocycles. The maximum atomic E-state index is 12.1. The van der Waals surface area contributed by atoms with Crippen LogP contribution in [0, 0.1) is 10.1 Å². The Labute approximate surface area is 126 Å². The lowest BCUT2D eigenvalue weighted by Crippen LogP contribution is -2.11. The van der Waals surface area contributed by atoms with Gasteiger partial charge < -0.3 is 9.47 Å². The number of nitro benzene ring substituents is 1. The van der Waals surface area contributed by atoms with Crippen molar-refractivity contribution in [2.45, 2.75) is 6.42 Å². The zero-order chi connectivity index (χ0) is 15.5. The van der Waals surface area contributed by atoms with Crippen LogP contribution in [0.4, 0.5) is 5.69 Å². The third kappa shape index (κ3) is 2.90. The van der Waals surface area contributed by atoms with Crippen LogP contribution in [-0.4, -0.2) is 23.9 Å². The summed E-state index contributed by atoms with van der Waals surface area (Å²) in [6, 6.07) is 11.0. The minimum Gasteiger partial charge on any atom is -0.493 e. The highest BCUT2D eigenvalue weighted by atomic mass is 16.6. The van der Waals surface area contributed by atoms with Crippen molar-refractivity contribution >= 4 is 11.5 Å². The fourth-order valence-electron chi connectivity index (χ4n) is 2.26. The van der Waals surface area contributed by atoms with Gasteiger partial charge in [-0.05, 0) is 35.9 Å². The Balaban J connectivity index is 1.63. The summed E-state index contributed by atoms with van der Waals surface area (Å²) in [5, 5.41) is 10.6. The van der Waals surface area contributed by atoms with E-state index < -0.39 is 4.92 Å². The van der Waals surface area contributed by atoms with Gasteiger partial charge in [0.15, 0.2) is 12.4 Å². The van der Waals surface area contributed by atoms with E-state index in [2.05, 4.69) is 0 Å². The topological polar surface area (TPSA) is 78.7 Å². The van der Waals surface area contributed by atoms with Crippen LogP contribution in [0.15, 0.2) is 42.5 Å². The van der Waals surface area contributed by atoms with Crippen LogP contribution < -0.4 is 9.47 Å². The Kier molecular flexibility index (Phi) is 3.74. The van der Waals surface area contributed by atoms with E-state index in [1.165, 1.54) is 24.3 Å². The van der Waals surface area contributed by atoms with Gasteiger partial charge >= 0.3 is 0 Å². The molecule has 0 aliphatic carbocycles. The molecule has 0 aromatic heterocycles. The van der Waals surface area contributed by atoms with Crippen molar-refractivity contribution in [3.05, 3.63) is 63.7 Å². The molecule has 1 aliphatic rings. The first-order chi connectivity index (χ1) is 10.6. The number of hydrogen-bond donors (Lipinski definition) is 0. The summed E-state index contributed by atoms with van der Waals surface area (Å²) >= 11 is 0. The average Bonchev–Trinajstić information content (AvgIpc) is 3.00. The number of hydrogen-bond acceptors (Lipinski definition) is 5. The van der Waals surface area contributed by atoms with E-state index in [1.54, 1.807) is 12.1 Å². The number of Topliss-reactive ketones (excluding diaryl/α,β-unsaturated/α-hetero) is 1. The molecule has 0 spiro atoms. The maximum absolute atomic E-state index is 12.1. The molecule has 3 rings (SSSR count). The van der Waals surface area contributed by atoms with Crippen LogP contribution >= 0.6 is 0 Å². The standard InChI is InChI=1S/C16H13NO5/c18-15(11-1-6-16-12(9-11)7-8-21-16)10-22-14-4-2-13(3-5-14)17(19)20/h1-6,9H,7-8,10H2. The molecule has 0 radical (unpaired) electrons. The summed E-state index contributed by atoms with van der Waals surface area (Å²) in [5.41, 5.74) is 1.59. The average molecular weight is 299 g/mol. The first-order valence-corrected chi connectivity index (χ1v) is 6.79. The molecular formula is C16H13NO5.